The van der Waals surface area contributed by atoms with E-state index in [4.69, 9.17) is 11.6 Å². The van der Waals surface area contributed by atoms with E-state index < -0.39 is 0 Å². The van der Waals surface area contributed by atoms with Crippen molar-refractivity contribution in [2.45, 2.75) is 63.1 Å². The second kappa shape index (κ2) is 10.9. The van der Waals surface area contributed by atoms with E-state index >= 15 is 0 Å². The standard InChI is InChI=1S/C25H30ClN5O2S.ClH/c1-31(2)16-8-10-20-22(13-16)34-25(30-20)24(33)29-19-6-4-3-5-18(19)28-23(32)21-12-14-11-15(26)7-9-17(14)27-21;/h7,9,11-12,16,18-19,27H,3-6,8,10,13H2,1-2H3,(H,28,32)(H,29,33);1H/t16?,18-,19+;/m0./s1. The minimum absolute atomic E-state index is 0. The number of nitrogens with zero attached hydrogens (tertiary/aromatic N) is 2. The number of aromatic nitrogens is 2. The van der Waals surface area contributed by atoms with Crippen LogP contribution in [0.2, 0.25) is 5.02 Å². The first-order valence-corrected chi connectivity index (χ1v) is 13.1. The second-order valence-electron chi connectivity index (χ2n) is 9.61. The summed E-state index contributed by atoms with van der Waals surface area (Å²) < 4.78 is 0. The third kappa shape index (κ3) is 5.66. The van der Waals surface area contributed by atoms with E-state index in [0.717, 1.165) is 61.5 Å². The molecule has 2 aliphatic rings. The van der Waals surface area contributed by atoms with E-state index in [1.54, 1.807) is 6.07 Å². The maximum Gasteiger partial charge on any atom is 0.280 e. The Morgan fingerprint density at radius 2 is 1.80 bits per heavy atom. The third-order valence-corrected chi connectivity index (χ3v) is 8.42. The Labute approximate surface area is 220 Å². The van der Waals surface area contributed by atoms with Crippen molar-refractivity contribution in [2.75, 3.05) is 14.1 Å². The summed E-state index contributed by atoms with van der Waals surface area (Å²) in [7, 11) is 4.21. The van der Waals surface area contributed by atoms with E-state index in [2.05, 4.69) is 39.6 Å². The highest BCUT2D eigenvalue weighted by atomic mass is 35.5. The van der Waals surface area contributed by atoms with Gasteiger partial charge in [-0.25, -0.2) is 4.98 Å². The number of thiazole rings is 1. The zero-order chi connectivity index (χ0) is 23.8. The lowest BCUT2D eigenvalue weighted by Gasteiger charge is -2.32. The van der Waals surface area contributed by atoms with Crippen LogP contribution in [-0.2, 0) is 12.8 Å². The molecule has 0 radical (unpaired) electrons. The van der Waals surface area contributed by atoms with Gasteiger partial charge in [0.25, 0.3) is 11.8 Å². The first-order valence-electron chi connectivity index (χ1n) is 11.9. The van der Waals surface area contributed by atoms with E-state index in [9.17, 15) is 9.59 Å². The Morgan fingerprint density at radius 1 is 1.09 bits per heavy atom. The SMILES string of the molecule is CN(C)C1CCc2nc(C(=O)N[C@@H]3CCCC[C@@H]3NC(=O)c3cc4cc(Cl)ccc4[nH]3)sc2C1.Cl. The van der Waals surface area contributed by atoms with Gasteiger partial charge in [0.15, 0.2) is 5.01 Å². The molecular formula is C25H31Cl2N5O2S. The van der Waals surface area contributed by atoms with E-state index in [1.807, 2.05) is 18.2 Å². The topological polar surface area (TPSA) is 90.1 Å². The summed E-state index contributed by atoms with van der Waals surface area (Å²) >= 11 is 7.59. The molecule has 1 aromatic carbocycles. The van der Waals surface area contributed by atoms with Crippen LogP contribution in [0, 0.1) is 0 Å². The van der Waals surface area contributed by atoms with Gasteiger partial charge in [0.05, 0.1) is 5.69 Å². The fraction of sp³-hybridized carbons (Fsp3) is 0.480. The van der Waals surface area contributed by atoms with Gasteiger partial charge in [-0.3, -0.25) is 9.59 Å². The number of fused-ring (bicyclic) bond motifs is 2. The largest absolute Gasteiger partial charge is 0.351 e. The maximum atomic E-state index is 13.1. The van der Waals surface area contributed by atoms with Crippen LogP contribution in [0.1, 0.15) is 63.0 Å². The number of carbonyl (C=O) groups is 2. The summed E-state index contributed by atoms with van der Waals surface area (Å²) in [5, 5.41) is 8.39. The molecule has 5 rings (SSSR count). The normalized spacial score (nSPS) is 21.9. The number of hydrogen-bond acceptors (Lipinski definition) is 5. The average Bonchev–Trinajstić information content (AvgIpc) is 3.43. The summed E-state index contributed by atoms with van der Waals surface area (Å²) in [6.07, 6.45) is 6.67. The van der Waals surface area contributed by atoms with Gasteiger partial charge in [0.1, 0.15) is 5.69 Å². The van der Waals surface area contributed by atoms with Crippen molar-refractivity contribution in [3.63, 3.8) is 0 Å². The van der Waals surface area contributed by atoms with E-state index in [1.165, 1.54) is 16.2 Å². The minimum Gasteiger partial charge on any atom is -0.351 e. The van der Waals surface area contributed by atoms with Crippen molar-refractivity contribution < 1.29 is 9.59 Å². The number of benzene rings is 1. The highest BCUT2D eigenvalue weighted by molar-refractivity contribution is 7.13. The Kier molecular flexibility index (Phi) is 8.06. The molecule has 3 atom stereocenters. The molecule has 0 spiro atoms. The molecule has 188 valence electrons. The Morgan fingerprint density at radius 3 is 2.51 bits per heavy atom. The molecular weight excluding hydrogens is 505 g/mol. The van der Waals surface area contributed by atoms with Crippen LogP contribution in [0.4, 0.5) is 0 Å². The van der Waals surface area contributed by atoms with Gasteiger partial charge in [-0.05, 0) is 70.5 Å². The van der Waals surface area contributed by atoms with Gasteiger partial charge in [-0.2, -0.15) is 0 Å². The predicted octanol–water partition coefficient (Wildman–Crippen LogP) is 4.59. The van der Waals surface area contributed by atoms with Crippen molar-refractivity contribution in [2.24, 2.45) is 0 Å². The summed E-state index contributed by atoms with van der Waals surface area (Å²) in [4.78, 5) is 37.4. The highest BCUT2D eigenvalue weighted by Gasteiger charge is 2.31. The van der Waals surface area contributed by atoms with Crippen LogP contribution in [0.15, 0.2) is 24.3 Å². The van der Waals surface area contributed by atoms with Crippen molar-refractivity contribution in [1.82, 2.24) is 25.5 Å². The fourth-order valence-electron chi connectivity index (χ4n) is 5.07. The molecule has 0 aliphatic heterocycles. The number of likely N-dealkylation sites (N-methyl/N-ethyl adjacent to an activating group) is 1. The van der Waals surface area contributed by atoms with Crippen LogP contribution in [-0.4, -0.2) is 58.9 Å². The molecule has 0 saturated heterocycles. The molecule has 3 aromatic rings. The molecule has 0 bridgehead atoms. The number of nitrogens with one attached hydrogen (secondary N) is 3. The zero-order valence-electron chi connectivity index (χ0n) is 19.9. The quantitative estimate of drug-likeness (QED) is 0.445. The van der Waals surface area contributed by atoms with E-state index in [-0.39, 0.29) is 36.3 Å². The van der Waals surface area contributed by atoms with Crippen LogP contribution in [0.3, 0.4) is 0 Å². The maximum absolute atomic E-state index is 13.1. The van der Waals surface area contributed by atoms with Gasteiger partial charge >= 0.3 is 0 Å². The van der Waals surface area contributed by atoms with Crippen molar-refractivity contribution in [3.8, 4) is 0 Å². The van der Waals surface area contributed by atoms with Crippen LogP contribution < -0.4 is 10.6 Å². The Hall–Kier alpha value is -2.13. The first-order chi connectivity index (χ1) is 16.4. The number of halogens is 2. The first kappa shape index (κ1) is 25.9. The third-order valence-electron chi connectivity index (χ3n) is 7.06. The number of rotatable bonds is 5. The lowest BCUT2D eigenvalue weighted by molar-refractivity contribution is 0.0860. The number of carbonyl (C=O) groups excluding carboxylic acids is 2. The molecule has 2 aromatic heterocycles. The molecule has 1 saturated carbocycles. The highest BCUT2D eigenvalue weighted by Crippen LogP contribution is 2.29. The Bertz CT molecular complexity index is 1220. The lowest BCUT2D eigenvalue weighted by atomic mass is 9.90. The number of amides is 2. The summed E-state index contributed by atoms with van der Waals surface area (Å²) in [5.41, 5.74) is 2.43. The molecule has 7 nitrogen and oxygen atoms in total. The number of aromatic amines is 1. The lowest BCUT2D eigenvalue weighted by Crippen LogP contribution is -2.53. The molecule has 2 heterocycles. The van der Waals surface area contributed by atoms with Crippen LogP contribution >= 0.6 is 35.3 Å². The predicted molar refractivity (Wildman–Crippen MR) is 143 cm³/mol. The monoisotopic (exact) mass is 535 g/mol. The number of aryl methyl sites for hydroxylation is 1. The molecule has 35 heavy (non-hydrogen) atoms. The molecule has 1 fully saturated rings. The molecule has 10 heteroatoms. The minimum atomic E-state index is -0.169. The van der Waals surface area contributed by atoms with Gasteiger partial charge in [-0.1, -0.05) is 24.4 Å². The Balaban J connectivity index is 0.00000289. The second-order valence-corrected chi connectivity index (χ2v) is 11.1. The smallest absolute Gasteiger partial charge is 0.280 e. The van der Waals surface area contributed by atoms with Gasteiger partial charge < -0.3 is 20.5 Å². The van der Waals surface area contributed by atoms with Gasteiger partial charge in [0, 0.05) is 38.9 Å². The number of H-pyrrole nitrogens is 1. The van der Waals surface area contributed by atoms with Crippen LogP contribution in [0.25, 0.3) is 10.9 Å². The zero-order valence-corrected chi connectivity index (χ0v) is 22.3. The average molecular weight is 537 g/mol. The van der Waals surface area contributed by atoms with Crippen LogP contribution in [0.5, 0.6) is 0 Å². The van der Waals surface area contributed by atoms with Crippen molar-refractivity contribution in [1.29, 1.82) is 0 Å². The summed E-state index contributed by atoms with van der Waals surface area (Å²) in [6, 6.07) is 7.59. The van der Waals surface area contributed by atoms with Crippen molar-refractivity contribution in [3.05, 3.63) is 50.6 Å². The number of hydrogen-bond donors (Lipinski definition) is 3. The molecule has 2 amide bonds. The summed E-state index contributed by atoms with van der Waals surface area (Å²) in [6.45, 7) is 0. The van der Waals surface area contributed by atoms with Gasteiger partial charge in [-0.15, -0.1) is 23.7 Å². The van der Waals surface area contributed by atoms with E-state index in [0.29, 0.717) is 21.8 Å². The summed E-state index contributed by atoms with van der Waals surface area (Å²) in [5.74, 6) is -0.301. The van der Waals surface area contributed by atoms with Crippen molar-refractivity contribution >= 4 is 58.1 Å². The molecule has 2 aliphatic carbocycles. The molecule has 3 N–H and O–H groups in total. The molecule has 1 unspecified atom stereocenters. The fourth-order valence-corrected chi connectivity index (χ4v) is 6.34. The van der Waals surface area contributed by atoms with Gasteiger partial charge in [0.2, 0.25) is 0 Å².